The van der Waals surface area contributed by atoms with Gasteiger partial charge in [-0.25, -0.2) is 0 Å². The van der Waals surface area contributed by atoms with Crippen LogP contribution in [0, 0.1) is 22.8 Å². The normalized spacial score (nSPS) is 10.6. The molecule has 2 aromatic rings. The highest BCUT2D eigenvalue weighted by molar-refractivity contribution is 6.83. The van der Waals surface area contributed by atoms with Crippen LogP contribution in [0.1, 0.15) is 11.1 Å². The van der Waals surface area contributed by atoms with Crippen molar-refractivity contribution in [3.8, 4) is 17.5 Å². The van der Waals surface area contributed by atoms with Gasteiger partial charge in [-0.15, -0.1) is 5.54 Å². The predicted octanol–water partition coefficient (Wildman–Crippen LogP) is 3.94. The first kappa shape index (κ1) is 12.4. The van der Waals surface area contributed by atoms with E-state index in [1.807, 2.05) is 30.3 Å². The first-order chi connectivity index (χ1) is 8.48. The zero-order chi connectivity index (χ0) is 13.2. The van der Waals surface area contributed by atoms with Crippen molar-refractivity contribution in [3.63, 3.8) is 0 Å². The third-order valence-electron chi connectivity index (χ3n) is 2.55. The minimum absolute atomic E-state index is 0.698. The molecule has 0 spiro atoms. The summed E-state index contributed by atoms with van der Waals surface area (Å²) in [4.78, 5) is 0. The molecule has 0 bridgehead atoms. The van der Waals surface area contributed by atoms with Gasteiger partial charge in [-0.05, 0) is 35.0 Å². The SMILES string of the molecule is C[Si](C)(C)C#Cc1ccc2cc(C#N)ccc2c1. The summed E-state index contributed by atoms with van der Waals surface area (Å²) in [6.07, 6.45) is 0. The summed E-state index contributed by atoms with van der Waals surface area (Å²) in [6.45, 7) is 6.71. The van der Waals surface area contributed by atoms with E-state index < -0.39 is 8.07 Å². The molecule has 0 aromatic heterocycles. The number of nitrogens with zero attached hydrogens (tertiary/aromatic N) is 1. The van der Waals surface area contributed by atoms with Crippen molar-refractivity contribution < 1.29 is 0 Å². The molecule has 0 fully saturated rings. The maximum Gasteiger partial charge on any atom is 0.129 e. The van der Waals surface area contributed by atoms with Crippen LogP contribution < -0.4 is 0 Å². The van der Waals surface area contributed by atoms with Gasteiger partial charge in [0, 0.05) is 5.56 Å². The van der Waals surface area contributed by atoms with Crippen molar-refractivity contribution in [2.24, 2.45) is 0 Å². The van der Waals surface area contributed by atoms with E-state index in [-0.39, 0.29) is 0 Å². The molecule has 0 unspecified atom stereocenters. The van der Waals surface area contributed by atoms with Crippen LogP contribution >= 0.6 is 0 Å². The Bertz CT molecular complexity index is 691. The molecule has 0 amide bonds. The summed E-state index contributed by atoms with van der Waals surface area (Å²) in [5.41, 5.74) is 5.11. The minimum Gasteiger partial charge on any atom is -0.192 e. The topological polar surface area (TPSA) is 23.8 Å². The summed E-state index contributed by atoms with van der Waals surface area (Å²) in [7, 11) is -1.33. The van der Waals surface area contributed by atoms with E-state index in [2.05, 4.69) is 43.2 Å². The molecule has 2 rings (SSSR count). The Hall–Kier alpha value is -2.03. The van der Waals surface area contributed by atoms with Crippen molar-refractivity contribution in [1.29, 1.82) is 5.26 Å². The maximum atomic E-state index is 8.86. The molecule has 0 saturated heterocycles. The molecule has 0 atom stereocenters. The van der Waals surface area contributed by atoms with Crippen LogP contribution in [0.2, 0.25) is 19.6 Å². The van der Waals surface area contributed by atoms with Crippen molar-refractivity contribution >= 4 is 18.8 Å². The van der Waals surface area contributed by atoms with E-state index in [9.17, 15) is 0 Å². The lowest BCUT2D eigenvalue weighted by Gasteiger charge is -2.04. The standard InChI is InChI=1S/C16H15NSi/c1-18(2,3)9-8-13-4-6-16-11-14(12-17)5-7-15(16)10-13/h4-7,10-11H,1-3H3. The van der Waals surface area contributed by atoms with Crippen LogP contribution in [-0.4, -0.2) is 8.07 Å². The fraction of sp³-hybridized carbons (Fsp3) is 0.188. The Morgan fingerprint density at radius 2 is 1.44 bits per heavy atom. The Balaban J connectivity index is 2.45. The monoisotopic (exact) mass is 249 g/mol. The number of benzene rings is 2. The maximum absolute atomic E-state index is 8.86. The van der Waals surface area contributed by atoms with E-state index in [0.29, 0.717) is 5.56 Å². The molecule has 88 valence electrons. The van der Waals surface area contributed by atoms with Gasteiger partial charge in [-0.3, -0.25) is 0 Å². The van der Waals surface area contributed by atoms with Gasteiger partial charge < -0.3 is 0 Å². The van der Waals surface area contributed by atoms with E-state index in [1.165, 1.54) is 0 Å². The van der Waals surface area contributed by atoms with E-state index in [4.69, 9.17) is 5.26 Å². The van der Waals surface area contributed by atoms with Crippen LogP contribution in [-0.2, 0) is 0 Å². The summed E-state index contributed by atoms with van der Waals surface area (Å²) in [5, 5.41) is 11.1. The van der Waals surface area contributed by atoms with Gasteiger partial charge in [0.25, 0.3) is 0 Å². The molecule has 18 heavy (non-hydrogen) atoms. The molecule has 0 radical (unpaired) electrons. The smallest absolute Gasteiger partial charge is 0.129 e. The van der Waals surface area contributed by atoms with Gasteiger partial charge in [-0.1, -0.05) is 37.7 Å². The molecule has 0 N–H and O–H groups in total. The second-order valence-corrected chi connectivity index (χ2v) is 10.1. The van der Waals surface area contributed by atoms with Crippen LogP contribution in [0.25, 0.3) is 10.8 Å². The molecule has 0 heterocycles. The molecule has 1 nitrogen and oxygen atoms in total. The van der Waals surface area contributed by atoms with E-state index >= 15 is 0 Å². The van der Waals surface area contributed by atoms with Gasteiger partial charge >= 0.3 is 0 Å². The lowest BCUT2D eigenvalue weighted by atomic mass is 10.1. The first-order valence-electron chi connectivity index (χ1n) is 5.95. The number of nitriles is 1. The van der Waals surface area contributed by atoms with Gasteiger partial charge in [-0.2, -0.15) is 5.26 Å². The van der Waals surface area contributed by atoms with E-state index in [1.54, 1.807) is 0 Å². The minimum atomic E-state index is -1.33. The van der Waals surface area contributed by atoms with Crippen LogP contribution in [0.3, 0.4) is 0 Å². The third kappa shape index (κ3) is 3.00. The average Bonchev–Trinajstić information content (AvgIpc) is 2.34. The van der Waals surface area contributed by atoms with Crippen molar-refractivity contribution in [2.45, 2.75) is 19.6 Å². The fourth-order valence-corrected chi connectivity index (χ4v) is 2.17. The highest BCUT2D eigenvalue weighted by Gasteiger charge is 2.07. The van der Waals surface area contributed by atoms with Crippen molar-refractivity contribution in [3.05, 3.63) is 47.5 Å². The lowest BCUT2D eigenvalue weighted by Crippen LogP contribution is -2.16. The second-order valence-electron chi connectivity index (χ2n) is 5.39. The lowest BCUT2D eigenvalue weighted by molar-refractivity contribution is 1.50. The van der Waals surface area contributed by atoms with Gasteiger partial charge in [0.1, 0.15) is 8.07 Å². The Morgan fingerprint density at radius 3 is 2.00 bits per heavy atom. The molecule has 2 aromatic carbocycles. The summed E-state index contributed by atoms with van der Waals surface area (Å²) < 4.78 is 0. The molecule has 0 aliphatic carbocycles. The van der Waals surface area contributed by atoms with Crippen LogP contribution in [0.4, 0.5) is 0 Å². The average molecular weight is 249 g/mol. The highest BCUT2D eigenvalue weighted by atomic mass is 28.3. The van der Waals surface area contributed by atoms with Gasteiger partial charge in [0.15, 0.2) is 0 Å². The van der Waals surface area contributed by atoms with Gasteiger partial charge in [0.2, 0.25) is 0 Å². The van der Waals surface area contributed by atoms with Crippen molar-refractivity contribution in [1.82, 2.24) is 0 Å². The molecular weight excluding hydrogens is 234 g/mol. The number of hydrogen-bond donors (Lipinski definition) is 0. The zero-order valence-electron chi connectivity index (χ0n) is 10.9. The third-order valence-corrected chi connectivity index (χ3v) is 3.43. The zero-order valence-corrected chi connectivity index (χ0v) is 11.9. The quantitative estimate of drug-likeness (QED) is 0.512. The number of hydrogen-bond acceptors (Lipinski definition) is 1. The Kier molecular flexibility index (Phi) is 3.23. The molecule has 0 saturated carbocycles. The van der Waals surface area contributed by atoms with Crippen LogP contribution in [0.15, 0.2) is 36.4 Å². The van der Waals surface area contributed by atoms with E-state index in [0.717, 1.165) is 16.3 Å². The molecular formula is C16H15NSi. The molecule has 0 aliphatic rings. The predicted molar refractivity (Wildman–Crippen MR) is 78.9 cm³/mol. The van der Waals surface area contributed by atoms with Gasteiger partial charge in [0.05, 0.1) is 11.6 Å². The van der Waals surface area contributed by atoms with Crippen molar-refractivity contribution in [2.75, 3.05) is 0 Å². The van der Waals surface area contributed by atoms with Crippen LogP contribution in [0.5, 0.6) is 0 Å². The molecule has 0 aliphatic heterocycles. The first-order valence-corrected chi connectivity index (χ1v) is 9.45. The second kappa shape index (κ2) is 4.68. The molecule has 2 heteroatoms. The fourth-order valence-electron chi connectivity index (χ4n) is 1.65. The number of fused-ring (bicyclic) bond motifs is 1. The highest BCUT2D eigenvalue weighted by Crippen LogP contribution is 2.17. The Labute approximate surface area is 109 Å². The number of rotatable bonds is 0. The Morgan fingerprint density at radius 1 is 0.889 bits per heavy atom. The summed E-state index contributed by atoms with van der Waals surface area (Å²) in [6, 6.07) is 14.0. The summed E-state index contributed by atoms with van der Waals surface area (Å²) in [5.74, 6) is 3.25. The largest absolute Gasteiger partial charge is 0.192 e. The summed E-state index contributed by atoms with van der Waals surface area (Å²) >= 11 is 0.